The van der Waals surface area contributed by atoms with Crippen molar-refractivity contribution in [2.75, 3.05) is 0 Å². The Hall–Kier alpha value is -1.76. The van der Waals surface area contributed by atoms with Crippen LogP contribution < -0.4 is 5.56 Å². The molecule has 0 fully saturated rings. The molecule has 0 aliphatic rings. The zero-order valence-corrected chi connectivity index (χ0v) is 12.6. The molecule has 0 aliphatic carbocycles. The molecule has 1 aromatic heterocycles. The largest absolute Gasteiger partial charge is 0.307 e. The zero-order chi connectivity index (χ0) is 14.9. The van der Waals surface area contributed by atoms with Crippen molar-refractivity contribution in [2.45, 2.75) is 20.4 Å². The molecule has 0 N–H and O–H groups in total. The quantitative estimate of drug-likeness (QED) is 0.849. The van der Waals surface area contributed by atoms with E-state index >= 15 is 0 Å². The third-order valence-corrected chi connectivity index (χ3v) is 3.75. The van der Waals surface area contributed by atoms with Gasteiger partial charge in [0.05, 0.1) is 6.54 Å². The predicted octanol–water partition coefficient (Wildman–Crippen LogP) is 3.69. The van der Waals surface area contributed by atoms with Crippen LogP contribution in [0.15, 0.2) is 29.1 Å². The second kappa shape index (κ2) is 5.70. The Kier molecular flexibility index (Phi) is 4.17. The highest BCUT2D eigenvalue weighted by atomic mass is 35.5. The van der Waals surface area contributed by atoms with Crippen LogP contribution in [0.2, 0.25) is 10.0 Å². The molecule has 0 unspecified atom stereocenters. The van der Waals surface area contributed by atoms with Crippen LogP contribution in [0.1, 0.15) is 22.4 Å². The van der Waals surface area contributed by atoms with Gasteiger partial charge in [0.15, 0.2) is 0 Å². The minimum absolute atomic E-state index is 0.167. The fourth-order valence-electron chi connectivity index (χ4n) is 2.08. The lowest BCUT2D eigenvalue weighted by molar-refractivity contribution is 0.725. The Labute approximate surface area is 127 Å². The van der Waals surface area contributed by atoms with Crippen LogP contribution >= 0.6 is 23.2 Å². The third kappa shape index (κ3) is 2.72. The van der Waals surface area contributed by atoms with E-state index in [-0.39, 0.29) is 11.1 Å². The van der Waals surface area contributed by atoms with E-state index in [4.69, 9.17) is 28.5 Å². The molecule has 1 aromatic carbocycles. The average molecular weight is 307 g/mol. The number of hydrogen-bond donors (Lipinski definition) is 0. The van der Waals surface area contributed by atoms with E-state index in [0.29, 0.717) is 22.2 Å². The standard InChI is InChI=1S/C15H12Cl2N2O/c1-9-5-10(2)19(15(20)13(9)7-18)8-11-3-4-12(16)6-14(11)17/h3-6H,8H2,1-2H3. The summed E-state index contributed by atoms with van der Waals surface area (Å²) in [6.07, 6.45) is 0. The SMILES string of the molecule is Cc1cc(C)n(Cc2ccc(Cl)cc2Cl)c(=O)c1C#N. The molecule has 2 aromatic rings. The average Bonchev–Trinajstić information content (AvgIpc) is 2.37. The van der Waals surface area contributed by atoms with Crippen LogP contribution in [0.4, 0.5) is 0 Å². The Morgan fingerprint density at radius 3 is 2.55 bits per heavy atom. The monoisotopic (exact) mass is 306 g/mol. The molecule has 2 rings (SSSR count). The molecule has 0 saturated carbocycles. The van der Waals surface area contributed by atoms with Gasteiger partial charge in [-0.2, -0.15) is 5.26 Å². The van der Waals surface area contributed by atoms with Gasteiger partial charge in [0, 0.05) is 15.7 Å². The first-order chi connectivity index (χ1) is 9.43. The zero-order valence-electron chi connectivity index (χ0n) is 11.1. The van der Waals surface area contributed by atoms with Crippen LogP contribution in [-0.2, 0) is 6.54 Å². The summed E-state index contributed by atoms with van der Waals surface area (Å²) in [4.78, 5) is 12.3. The second-order valence-electron chi connectivity index (χ2n) is 4.58. The Balaban J connectivity index is 2.55. The number of halogens is 2. The maximum atomic E-state index is 12.3. The Morgan fingerprint density at radius 1 is 1.25 bits per heavy atom. The maximum Gasteiger partial charge on any atom is 0.269 e. The highest BCUT2D eigenvalue weighted by molar-refractivity contribution is 6.35. The first-order valence-electron chi connectivity index (χ1n) is 5.99. The first kappa shape index (κ1) is 14.6. The molecule has 0 radical (unpaired) electrons. The number of hydrogen-bond acceptors (Lipinski definition) is 2. The topological polar surface area (TPSA) is 45.8 Å². The van der Waals surface area contributed by atoms with Gasteiger partial charge >= 0.3 is 0 Å². The van der Waals surface area contributed by atoms with Crippen molar-refractivity contribution in [3.05, 3.63) is 67.0 Å². The second-order valence-corrected chi connectivity index (χ2v) is 5.43. The summed E-state index contributed by atoms with van der Waals surface area (Å²) in [5.41, 5.74) is 2.14. The molecule has 5 heteroatoms. The van der Waals surface area contributed by atoms with Crippen molar-refractivity contribution in [2.24, 2.45) is 0 Å². The molecular weight excluding hydrogens is 295 g/mol. The van der Waals surface area contributed by atoms with Crippen molar-refractivity contribution in [1.82, 2.24) is 4.57 Å². The number of rotatable bonds is 2. The summed E-state index contributed by atoms with van der Waals surface area (Å²) in [5, 5.41) is 10.1. The fraction of sp³-hybridized carbons (Fsp3) is 0.200. The van der Waals surface area contributed by atoms with Crippen molar-refractivity contribution < 1.29 is 0 Å². The molecule has 20 heavy (non-hydrogen) atoms. The van der Waals surface area contributed by atoms with Gasteiger partial charge in [0.1, 0.15) is 11.6 Å². The summed E-state index contributed by atoms with van der Waals surface area (Å²) in [7, 11) is 0. The van der Waals surface area contributed by atoms with Gasteiger partial charge < -0.3 is 4.57 Å². The van der Waals surface area contributed by atoms with Gasteiger partial charge in [-0.1, -0.05) is 29.3 Å². The lowest BCUT2D eigenvalue weighted by Gasteiger charge is -2.13. The number of pyridine rings is 1. The van der Waals surface area contributed by atoms with E-state index in [0.717, 1.165) is 11.3 Å². The van der Waals surface area contributed by atoms with Crippen LogP contribution in [0.3, 0.4) is 0 Å². The minimum atomic E-state index is -0.295. The van der Waals surface area contributed by atoms with Gasteiger partial charge in [0.2, 0.25) is 0 Å². The highest BCUT2D eigenvalue weighted by Gasteiger charge is 2.11. The minimum Gasteiger partial charge on any atom is -0.307 e. The van der Waals surface area contributed by atoms with Gasteiger partial charge in [-0.05, 0) is 43.2 Å². The highest BCUT2D eigenvalue weighted by Crippen LogP contribution is 2.22. The van der Waals surface area contributed by atoms with Gasteiger partial charge in [0.25, 0.3) is 5.56 Å². The molecule has 1 heterocycles. The molecule has 0 atom stereocenters. The van der Waals surface area contributed by atoms with E-state index in [1.54, 1.807) is 29.7 Å². The first-order valence-corrected chi connectivity index (χ1v) is 6.74. The Morgan fingerprint density at radius 2 is 1.95 bits per heavy atom. The molecule has 0 saturated heterocycles. The van der Waals surface area contributed by atoms with E-state index in [1.165, 1.54) is 0 Å². The van der Waals surface area contributed by atoms with E-state index in [9.17, 15) is 4.79 Å². The number of nitrogens with zero attached hydrogens (tertiary/aromatic N) is 2. The smallest absolute Gasteiger partial charge is 0.269 e. The predicted molar refractivity (Wildman–Crippen MR) is 80.5 cm³/mol. The van der Waals surface area contributed by atoms with Crippen molar-refractivity contribution >= 4 is 23.2 Å². The summed E-state index contributed by atoms with van der Waals surface area (Å²) < 4.78 is 1.54. The summed E-state index contributed by atoms with van der Waals surface area (Å²) in [5.74, 6) is 0. The lowest BCUT2D eigenvalue weighted by atomic mass is 10.1. The number of benzene rings is 1. The van der Waals surface area contributed by atoms with Crippen LogP contribution in [0.25, 0.3) is 0 Å². The molecule has 0 amide bonds. The van der Waals surface area contributed by atoms with E-state index in [1.807, 2.05) is 19.1 Å². The number of aryl methyl sites for hydroxylation is 2. The van der Waals surface area contributed by atoms with E-state index in [2.05, 4.69) is 0 Å². The molecule has 3 nitrogen and oxygen atoms in total. The third-order valence-electron chi connectivity index (χ3n) is 3.16. The number of nitriles is 1. The number of aromatic nitrogens is 1. The van der Waals surface area contributed by atoms with Crippen LogP contribution in [-0.4, -0.2) is 4.57 Å². The van der Waals surface area contributed by atoms with Crippen LogP contribution in [0.5, 0.6) is 0 Å². The molecule has 0 spiro atoms. The van der Waals surface area contributed by atoms with Crippen molar-refractivity contribution in [3.63, 3.8) is 0 Å². The van der Waals surface area contributed by atoms with Gasteiger partial charge in [-0.3, -0.25) is 4.79 Å². The normalized spacial score (nSPS) is 10.3. The molecule has 0 aliphatic heterocycles. The van der Waals surface area contributed by atoms with Gasteiger partial charge in [-0.15, -0.1) is 0 Å². The lowest BCUT2D eigenvalue weighted by Crippen LogP contribution is -2.26. The van der Waals surface area contributed by atoms with Gasteiger partial charge in [-0.25, -0.2) is 0 Å². The summed E-state index contributed by atoms with van der Waals surface area (Å²) in [6, 6.07) is 8.92. The fourth-order valence-corrected chi connectivity index (χ4v) is 2.55. The summed E-state index contributed by atoms with van der Waals surface area (Å²) >= 11 is 12.0. The molecule has 102 valence electrons. The molecular formula is C15H12Cl2N2O. The van der Waals surface area contributed by atoms with Crippen LogP contribution in [0, 0.1) is 25.2 Å². The van der Waals surface area contributed by atoms with Crippen molar-refractivity contribution in [1.29, 1.82) is 5.26 Å². The Bertz CT molecular complexity index is 773. The van der Waals surface area contributed by atoms with E-state index < -0.39 is 0 Å². The maximum absolute atomic E-state index is 12.3. The molecule has 0 bridgehead atoms. The van der Waals surface area contributed by atoms with Crippen molar-refractivity contribution in [3.8, 4) is 6.07 Å². The summed E-state index contributed by atoms with van der Waals surface area (Å²) in [6.45, 7) is 3.90.